The van der Waals surface area contributed by atoms with E-state index in [1.165, 1.54) is 11.8 Å². The molecule has 1 saturated carbocycles. The first-order chi connectivity index (χ1) is 11.6. The molecule has 2 amide bonds. The molecule has 24 heavy (non-hydrogen) atoms. The molecule has 0 saturated heterocycles. The summed E-state index contributed by atoms with van der Waals surface area (Å²) in [5.74, 6) is 0.338. The van der Waals surface area contributed by atoms with E-state index in [0.29, 0.717) is 16.1 Å². The normalized spacial score (nSPS) is 13.6. The molecule has 2 N–H and O–H groups in total. The highest BCUT2D eigenvalue weighted by molar-refractivity contribution is 9.10. The molecule has 1 fully saturated rings. The summed E-state index contributed by atoms with van der Waals surface area (Å²) >= 11 is 4.61. The van der Waals surface area contributed by atoms with Crippen molar-refractivity contribution in [2.24, 2.45) is 0 Å². The number of aryl methyl sites for hydroxylation is 1. The lowest BCUT2D eigenvalue weighted by molar-refractivity contribution is -0.119. The number of hydrogen-bond acceptors (Lipinski definition) is 5. The van der Waals surface area contributed by atoms with Crippen molar-refractivity contribution in [1.29, 1.82) is 0 Å². The number of carbonyl (C=O) groups excluding carboxylic acids is 2. The zero-order chi connectivity index (χ0) is 17.1. The molecular weight excluding hydrogens is 394 g/mol. The summed E-state index contributed by atoms with van der Waals surface area (Å²) in [5.41, 5.74) is 5.27. The van der Waals surface area contributed by atoms with Crippen LogP contribution in [0.5, 0.6) is 0 Å². The lowest BCUT2D eigenvalue weighted by Crippen LogP contribution is -2.42. The third-order valence-electron chi connectivity index (χ3n) is 3.51. The van der Waals surface area contributed by atoms with Crippen LogP contribution in [-0.4, -0.2) is 32.3 Å². The predicted octanol–water partition coefficient (Wildman–Crippen LogP) is 2.24. The first kappa shape index (κ1) is 17.0. The molecule has 3 rings (SSSR count). The van der Waals surface area contributed by atoms with Gasteiger partial charge in [-0.25, -0.2) is 0 Å². The van der Waals surface area contributed by atoms with Crippen LogP contribution in [-0.2, 0) is 4.79 Å². The average molecular weight is 410 g/mol. The van der Waals surface area contributed by atoms with E-state index in [9.17, 15) is 9.59 Å². The Bertz CT molecular complexity index is 775. The van der Waals surface area contributed by atoms with Gasteiger partial charge >= 0.3 is 0 Å². The van der Waals surface area contributed by atoms with Gasteiger partial charge in [0.2, 0.25) is 5.91 Å². The number of benzene rings is 1. The number of rotatable bonds is 5. The summed E-state index contributed by atoms with van der Waals surface area (Å²) in [6, 6.07) is 7.46. The van der Waals surface area contributed by atoms with Crippen molar-refractivity contribution in [3.63, 3.8) is 0 Å². The Hall–Kier alpha value is -1.87. The van der Waals surface area contributed by atoms with Crippen LogP contribution in [0.25, 0.3) is 0 Å². The van der Waals surface area contributed by atoms with E-state index >= 15 is 0 Å². The first-order valence-corrected chi connectivity index (χ1v) is 9.22. The predicted molar refractivity (Wildman–Crippen MR) is 93.5 cm³/mol. The highest BCUT2D eigenvalue weighted by atomic mass is 79.9. The zero-order valence-electron chi connectivity index (χ0n) is 13.0. The Morgan fingerprint density at radius 1 is 1.29 bits per heavy atom. The van der Waals surface area contributed by atoms with Crippen LogP contribution in [0.1, 0.15) is 35.1 Å². The maximum absolute atomic E-state index is 12.0. The van der Waals surface area contributed by atoms with Crippen molar-refractivity contribution in [1.82, 2.24) is 25.6 Å². The van der Waals surface area contributed by atoms with Crippen molar-refractivity contribution in [3.05, 3.63) is 40.1 Å². The fourth-order valence-corrected chi connectivity index (χ4v) is 3.52. The minimum atomic E-state index is -0.377. The maximum atomic E-state index is 12.0. The molecule has 126 valence electrons. The van der Waals surface area contributed by atoms with Gasteiger partial charge in [0.15, 0.2) is 5.16 Å². The molecule has 0 unspecified atom stereocenters. The molecule has 2 aromatic rings. The summed E-state index contributed by atoms with van der Waals surface area (Å²) in [5, 5.41) is 8.91. The second-order valence-electron chi connectivity index (χ2n) is 5.40. The Morgan fingerprint density at radius 2 is 2.04 bits per heavy atom. The van der Waals surface area contributed by atoms with Crippen LogP contribution in [0.15, 0.2) is 33.9 Å². The van der Waals surface area contributed by atoms with Crippen molar-refractivity contribution in [3.8, 4) is 0 Å². The van der Waals surface area contributed by atoms with Crippen LogP contribution >= 0.6 is 27.7 Å². The van der Waals surface area contributed by atoms with Crippen LogP contribution in [0.4, 0.5) is 0 Å². The molecule has 0 bridgehead atoms. The number of carbonyl (C=O) groups is 2. The summed E-state index contributed by atoms with van der Waals surface area (Å²) in [6.45, 7) is 1.91. The molecule has 0 spiro atoms. The highest BCUT2D eigenvalue weighted by Crippen LogP contribution is 2.38. The number of amides is 2. The minimum Gasteiger partial charge on any atom is -0.303 e. The third kappa shape index (κ3) is 3.96. The van der Waals surface area contributed by atoms with Gasteiger partial charge in [-0.05, 0) is 47.8 Å². The second-order valence-corrected chi connectivity index (χ2v) is 7.20. The van der Waals surface area contributed by atoms with Crippen molar-refractivity contribution >= 4 is 39.5 Å². The molecule has 1 heterocycles. The van der Waals surface area contributed by atoms with E-state index in [4.69, 9.17) is 0 Å². The number of hydrazine groups is 1. The number of halogens is 1. The van der Waals surface area contributed by atoms with Crippen LogP contribution in [0.3, 0.4) is 0 Å². The monoisotopic (exact) mass is 409 g/mol. The molecule has 1 aliphatic rings. The third-order valence-corrected chi connectivity index (χ3v) is 5.15. The summed E-state index contributed by atoms with van der Waals surface area (Å²) in [7, 11) is 0. The molecule has 7 nitrogen and oxygen atoms in total. The van der Waals surface area contributed by atoms with E-state index in [1.807, 2.05) is 13.0 Å². The van der Waals surface area contributed by atoms with E-state index in [2.05, 4.69) is 41.5 Å². The SMILES string of the molecule is Cc1nnc(SCC(=O)NNC(=O)c2ccccc2Br)n1C1CC1. The lowest BCUT2D eigenvalue weighted by atomic mass is 10.2. The zero-order valence-corrected chi connectivity index (χ0v) is 15.4. The van der Waals surface area contributed by atoms with Crippen LogP contribution < -0.4 is 10.9 Å². The number of nitrogens with zero attached hydrogens (tertiary/aromatic N) is 3. The van der Waals surface area contributed by atoms with Crippen LogP contribution in [0.2, 0.25) is 0 Å². The molecular formula is C15H16BrN5O2S. The Kier molecular flexibility index (Phi) is 5.20. The van der Waals surface area contributed by atoms with Crippen molar-refractivity contribution in [2.45, 2.75) is 31.0 Å². The number of thioether (sulfide) groups is 1. The van der Waals surface area contributed by atoms with Gasteiger partial charge in [-0.1, -0.05) is 23.9 Å². The second kappa shape index (κ2) is 7.35. The average Bonchev–Trinajstić information content (AvgIpc) is 3.34. The summed E-state index contributed by atoms with van der Waals surface area (Å²) in [6.07, 6.45) is 2.25. The number of aromatic nitrogens is 3. The fraction of sp³-hybridized carbons (Fsp3) is 0.333. The molecule has 0 atom stereocenters. The molecule has 1 aliphatic carbocycles. The Balaban J connectivity index is 1.50. The number of nitrogens with one attached hydrogen (secondary N) is 2. The lowest BCUT2D eigenvalue weighted by Gasteiger charge is -2.09. The van der Waals surface area contributed by atoms with Crippen molar-refractivity contribution < 1.29 is 9.59 Å². The van der Waals surface area contributed by atoms with E-state index in [1.54, 1.807) is 18.2 Å². The van der Waals surface area contributed by atoms with Crippen LogP contribution in [0, 0.1) is 6.92 Å². The summed E-state index contributed by atoms with van der Waals surface area (Å²) in [4.78, 5) is 23.9. The summed E-state index contributed by atoms with van der Waals surface area (Å²) < 4.78 is 2.73. The topological polar surface area (TPSA) is 88.9 Å². The van der Waals surface area contributed by atoms with Gasteiger partial charge in [0.25, 0.3) is 5.91 Å². The van der Waals surface area contributed by atoms with E-state index < -0.39 is 0 Å². The smallest absolute Gasteiger partial charge is 0.270 e. The molecule has 0 aliphatic heterocycles. The Labute approximate surface area is 151 Å². The van der Waals surface area contributed by atoms with Gasteiger partial charge < -0.3 is 4.57 Å². The molecule has 9 heteroatoms. The maximum Gasteiger partial charge on any atom is 0.270 e. The van der Waals surface area contributed by atoms with Gasteiger partial charge in [0.05, 0.1) is 11.3 Å². The van der Waals surface area contributed by atoms with Gasteiger partial charge in [-0.3, -0.25) is 20.4 Å². The highest BCUT2D eigenvalue weighted by Gasteiger charge is 2.28. The van der Waals surface area contributed by atoms with E-state index in [0.717, 1.165) is 23.8 Å². The van der Waals surface area contributed by atoms with Gasteiger partial charge in [0.1, 0.15) is 5.82 Å². The number of hydrogen-bond donors (Lipinski definition) is 2. The van der Waals surface area contributed by atoms with Crippen molar-refractivity contribution in [2.75, 3.05) is 5.75 Å². The molecule has 1 aromatic carbocycles. The first-order valence-electron chi connectivity index (χ1n) is 7.44. The van der Waals surface area contributed by atoms with Gasteiger partial charge in [-0.15, -0.1) is 10.2 Å². The van der Waals surface area contributed by atoms with E-state index in [-0.39, 0.29) is 17.6 Å². The largest absolute Gasteiger partial charge is 0.303 e. The fourth-order valence-electron chi connectivity index (χ4n) is 2.21. The standard InChI is InChI=1S/C15H16BrN5O2S/c1-9-17-20-15(21(9)10-6-7-10)24-8-13(22)18-19-14(23)11-4-2-3-5-12(11)16/h2-5,10H,6-8H2,1H3,(H,18,22)(H,19,23). The Morgan fingerprint density at radius 3 is 2.75 bits per heavy atom. The van der Waals surface area contributed by atoms with Gasteiger partial charge in [-0.2, -0.15) is 0 Å². The molecule has 1 aromatic heterocycles. The quantitative estimate of drug-likeness (QED) is 0.583. The molecule has 0 radical (unpaired) electrons. The minimum absolute atomic E-state index is 0.154. The van der Waals surface area contributed by atoms with Gasteiger partial charge in [0, 0.05) is 10.5 Å².